The molecule has 0 saturated carbocycles. The summed E-state index contributed by atoms with van der Waals surface area (Å²) in [6, 6.07) is 16.5. The van der Waals surface area contributed by atoms with Gasteiger partial charge in [0.05, 0.1) is 18.4 Å². The lowest BCUT2D eigenvalue weighted by atomic mass is 9.91. The summed E-state index contributed by atoms with van der Waals surface area (Å²) in [5.41, 5.74) is 1.95. The smallest absolute Gasteiger partial charge is 0.311 e. The van der Waals surface area contributed by atoms with Crippen LogP contribution in [0.1, 0.15) is 34.7 Å². The fourth-order valence-corrected chi connectivity index (χ4v) is 3.44. The van der Waals surface area contributed by atoms with Crippen LogP contribution < -0.4 is 0 Å². The SMILES string of the molecule is N#CCCn1cc([C@@H](CC(=O)c2ccc(Br)cc2)C(=O)O)c2ccccc21. The lowest BCUT2D eigenvalue weighted by Gasteiger charge is -2.11. The number of aryl methyl sites for hydroxylation is 1. The van der Waals surface area contributed by atoms with Crippen molar-refractivity contribution >= 4 is 38.6 Å². The zero-order valence-corrected chi connectivity index (χ0v) is 16.0. The van der Waals surface area contributed by atoms with E-state index < -0.39 is 11.9 Å². The summed E-state index contributed by atoms with van der Waals surface area (Å²) in [4.78, 5) is 24.6. The molecular formula is C21H17BrN2O3. The highest BCUT2D eigenvalue weighted by Crippen LogP contribution is 2.31. The highest BCUT2D eigenvalue weighted by molar-refractivity contribution is 9.10. The normalized spacial score (nSPS) is 11.9. The molecular weight excluding hydrogens is 408 g/mol. The molecule has 0 aliphatic heterocycles. The third-order valence-corrected chi connectivity index (χ3v) is 5.04. The second kappa shape index (κ2) is 8.19. The largest absolute Gasteiger partial charge is 0.481 e. The summed E-state index contributed by atoms with van der Waals surface area (Å²) in [5, 5.41) is 19.5. The van der Waals surface area contributed by atoms with Gasteiger partial charge >= 0.3 is 5.97 Å². The van der Waals surface area contributed by atoms with Crippen molar-refractivity contribution in [3.8, 4) is 6.07 Å². The van der Waals surface area contributed by atoms with Crippen molar-refractivity contribution in [3.05, 3.63) is 70.3 Å². The molecule has 2 aromatic carbocycles. The zero-order chi connectivity index (χ0) is 19.4. The quantitative estimate of drug-likeness (QED) is 0.554. The van der Waals surface area contributed by atoms with Crippen LogP contribution in [-0.4, -0.2) is 21.4 Å². The average Bonchev–Trinajstić information content (AvgIpc) is 3.03. The summed E-state index contributed by atoms with van der Waals surface area (Å²) >= 11 is 3.32. The van der Waals surface area contributed by atoms with Gasteiger partial charge in [-0.05, 0) is 23.8 Å². The Balaban J connectivity index is 1.98. The summed E-state index contributed by atoms with van der Waals surface area (Å²) in [5.74, 6) is -2.21. The number of para-hydroxylation sites is 1. The minimum absolute atomic E-state index is 0.122. The number of nitrogens with zero attached hydrogens (tertiary/aromatic N) is 2. The first-order valence-electron chi connectivity index (χ1n) is 8.47. The van der Waals surface area contributed by atoms with Gasteiger partial charge in [-0.15, -0.1) is 0 Å². The van der Waals surface area contributed by atoms with Crippen molar-refractivity contribution in [3.63, 3.8) is 0 Å². The van der Waals surface area contributed by atoms with Gasteiger partial charge in [0, 0.05) is 40.1 Å². The Kier molecular flexibility index (Phi) is 5.72. The molecule has 6 heteroatoms. The Labute approximate surface area is 165 Å². The van der Waals surface area contributed by atoms with Gasteiger partial charge in [0.1, 0.15) is 0 Å². The van der Waals surface area contributed by atoms with Crippen LogP contribution in [-0.2, 0) is 11.3 Å². The van der Waals surface area contributed by atoms with E-state index in [-0.39, 0.29) is 12.2 Å². The van der Waals surface area contributed by atoms with Gasteiger partial charge in [-0.3, -0.25) is 9.59 Å². The molecule has 1 atom stereocenters. The van der Waals surface area contributed by atoms with E-state index in [0.29, 0.717) is 24.1 Å². The molecule has 3 rings (SSSR count). The highest BCUT2D eigenvalue weighted by atomic mass is 79.9. The van der Waals surface area contributed by atoms with E-state index in [1.165, 1.54) is 0 Å². The Bertz CT molecular complexity index is 1030. The number of halogens is 1. The predicted molar refractivity (Wildman–Crippen MR) is 106 cm³/mol. The molecule has 0 radical (unpaired) electrons. The van der Waals surface area contributed by atoms with E-state index in [9.17, 15) is 14.7 Å². The number of Topliss-reactive ketones (excluding diaryl/α,β-unsaturated/α-hetero) is 1. The molecule has 0 unspecified atom stereocenters. The van der Waals surface area contributed by atoms with Crippen LogP contribution >= 0.6 is 15.9 Å². The molecule has 3 aromatic rings. The average molecular weight is 425 g/mol. The first-order chi connectivity index (χ1) is 13.0. The van der Waals surface area contributed by atoms with Gasteiger partial charge < -0.3 is 9.67 Å². The number of fused-ring (bicyclic) bond motifs is 1. The highest BCUT2D eigenvalue weighted by Gasteiger charge is 2.27. The lowest BCUT2D eigenvalue weighted by Crippen LogP contribution is -2.16. The number of carboxylic acid groups (broad SMARTS) is 1. The number of aromatic nitrogens is 1. The van der Waals surface area contributed by atoms with Crippen molar-refractivity contribution in [1.29, 1.82) is 5.26 Å². The van der Waals surface area contributed by atoms with Crippen LogP contribution in [0.3, 0.4) is 0 Å². The fraction of sp³-hybridized carbons (Fsp3) is 0.190. The molecule has 5 nitrogen and oxygen atoms in total. The molecule has 0 amide bonds. The number of hydrogen-bond acceptors (Lipinski definition) is 3. The number of nitriles is 1. The maximum atomic E-state index is 12.6. The molecule has 0 aliphatic rings. The third kappa shape index (κ3) is 4.09. The minimum atomic E-state index is -1.04. The Morgan fingerprint density at radius 1 is 1.15 bits per heavy atom. The number of carboxylic acids is 1. The number of rotatable bonds is 7. The van der Waals surface area contributed by atoms with Gasteiger partial charge in [-0.1, -0.05) is 46.3 Å². The second-order valence-electron chi connectivity index (χ2n) is 6.23. The molecule has 27 heavy (non-hydrogen) atoms. The molecule has 0 bridgehead atoms. The molecule has 136 valence electrons. The summed E-state index contributed by atoms with van der Waals surface area (Å²) in [6.45, 7) is 0.476. The number of ketones is 1. The zero-order valence-electron chi connectivity index (χ0n) is 14.4. The van der Waals surface area contributed by atoms with E-state index in [2.05, 4.69) is 22.0 Å². The molecule has 1 aromatic heterocycles. The molecule has 0 aliphatic carbocycles. The second-order valence-corrected chi connectivity index (χ2v) is 7.14. The van der Waals surface area contributed by atoms with E-state index in [4.69, 9.17) is 5.26 Å². The molecule has 1 N–H and O–H groups in total. The minimum Gasteiger partial charge on any atom is -0.481 e. The maximum absolute atomic E-state index is 12.6. The van der Waals surface area contributed by atoms with Crippen LogP contribution in [0.15, 0.2) is 59.2 Å². The molecule has 0 saturated heterocycles. The molecule has 1 heterocycles. The predicted octanol–water partition coefficient (Wildman–Crippen LogP) is 4.76. The first kappa shape index (κ1) is 18.9. The van der Waals surface area contributed by atoms with E-state index >= 15 is 0 Å². The fourth-order valence-electron chi connectivity index (χ4n) is 3.18. The van der Waals surface area contributed by atoms with E-state index in [1.54, 1.807) is 30.5 Å². The monoisotopic (exact) mass is 424 g/mol. The summed E-state index contributed by atoms with van der Waals surface area (Å²) in [7, 11) is 0. The van der Waals surface area contributed by atoms with Crippen molar-refractivity contribution in [2.75, 3.05) is 0 Å². The number of aliphatic carboxylic acids is 1. The van der Waals surface area contributed by atoms with Crippen LogP contribution in [0.4, 0.5) is 0 Å². The van der Waals surface area contributed by atoms with Crippen LogP contribution in [0.25, 0.3) is 10.9 Å². The Morgan fingerprint density at radius 2 is 1.85 bits per heavy atom. The number of hydrogen-bond donors (Lipinski definition) is 1. The maximum Gasteiger partial charge on any atom is 0.311 e. The number of carbonyl (C=O) groups is 2. The summed E-state index contributed by atoms with van der Waals surface area (Å²) < 4.78 is 2.74. The lowest BCUT2D eigenvalue weighted by molar-refractivity contribution is -0.138. The molecule has 0 fully saturated rings. The first-order valence-corrected chi connectivity index (χ1v) is 9.27. The topological polar surface area (TPSA) is 83.1 Å². The van der Waals surface area contributed by atoms with Gasteiger partial charge in [0.15, 0.2) is 5.78 Å². The molecule has 0 spiro atoms. The number of carbonyl (C=O) groups excluding carboxylic acids is 1. The van der Waals surface area contributed by atoms with Gasteiger partial charge in [-0.2, -0.15) is 5.26 Å². The standard InChI is InChI=1S/C21H17BrN2O3/c22-15-8-6-14(7-9-15)20(25)12-17(21(26)27)18-13-24(11-3-10-23)19-5-2-1-4-16(18)19/h1-2,4-9,13,17H,3,11-12H2,(H,26,27)/t17-/m1/s1. The van der Waals surface area contributed by atoms with Gasteiger partial charge in [0.25, 0.3) is 0 Å². The van der Waals surface area contributed by atoms with Crippen molar-refractivity contribution in [1.82, 2.24) is 4.57 Å². The summed E-state index contributed by atoms with van der Waals surface area (Å²) in [6.07, 6.45) is 1.96. The van der Waals surface area contributed by atoms with Crippen LogP contribution in [0.5, 0.6) is 0 Å². The van der Waals surface area contributed by atoms with Crippen molar-refractivity contribution in [2.45, 2.75) is 25.3 Å². The van der Waals surface area contributed by atoms with Crippen molar-refractivity contribution < 1.29 is 14.7 Å². The third-order valence-electron chi connectivity index (χ3n) is 4.51. The number of benzene rings is 2. The van der Waals surface area contributed by atoms with Crippen molar-refractivity contribution in [2.24, 2.45) is 0 Å². The van der Waals surface area contributed by atoms with E-state index in [0.717, 1.165) is 15.4 Å². The Hall–Kier alpha value is -2.91. The van der Waals surface area contributed by atoms with Gasteiger partial charge in [-0.25, -0.2) is 0 Å². The van der Waals surface area contributed by atoms with Crippen LogP contribution in [0, 0.1) is 11.3 Å². The van der Waals surface area contributed by atoms with E-state index in [1.807, 2.05) is 28.8 Å². The Morgan fingerprint density at radius 3 is 2.52 bits per heavy atom. The van der Waals surface area contributed by atoms with Crippen LogP contribution in [0.2, 0.25) is 0 Å². The van der Waals surface area contributed by atoms with Gasteiger partial charge in [0.2, 0.25) is 0 Å².